The molecule has 3 rings (SSSR count). The summed E-state index contributed by atoms with van der Waals surface area (Å²) in [6.45, 7) is 0.155. The summed E-state index contributed by atoms with van der Waals surface area (Å²) in [5.41, 5.74) is 0.764. The number of rotatable bonds is 8. The van der Waals surface area contributed by atoms with Gasteiger partial charge in [-0.25, -0.2) is 21.9 Å². The van der Waals surface area contributed by atoms with Crippen LogP contribution in [0.2, 0.25) is 0 Å². The number of hydrogen-bond acceptors (Lipinski definition) is 7. The monoisotopic (exact) mass is 406 g/mol. The quantitative estimate of drug-likeness (QED) is 0.493. The number of pyridine rings is 1. The lowest BCUT2D eigenvalue weighted by molar-refractivity contribution is 0.543. The highest BCUT2D eigenvalue weighted by Crippen LogP contribution is 2.15. The second-order valence-corrected chi connectivity index (χ2v) is 7.31. The normalized spacial score (nSPS) is 11.2. The number of benzene rings is 1. The third-order valence-corrected chi connectivity index (χ3v) is 5.00. The number of sulfonamides is 1. The van der Waals surface area contributed by atoms with E-state index in [-0.39, 0.29) is 13.1 Å². The molecule has 11 heteroatoms. The van der Waals surface area contributed by atoms with Gasteiger partial charge in [0.1, 0.15) is 22.3 Å². The van der Waals surface area contributed by atoms with Gasteiger partial charge in [-0.3, -0.25) is 4.98 Å². The SMILES string of the molecule is O=S(=O)(NCCNc1ccc(Nc2cccnc2)nn1)c1ccc(F)cc1F. The number of aromatic nitrogens is 3. The summed E-state index contributed by atoms with van der Waals surface area (Å²) in [4.78, 5) is 3.37. The van der Waals surface area contributed by atoms with Crippen molar-refractivity contribution in [3.63, 3.8) is 0 Å². The zero-order valence-electron chi connectivity index (χ0n) is 14.4. The van der Waals surface area contributed by atoms with Crippen LogP contribution >= 0.6 is 0 Å². The Balaban J connectivity index is 1.49. The van der Waals surface area contributed by atoms with Crippen LogP contribution in [0.5, 0.6) is 0 Å². The molecule has 8 nitrogen and oxygen atoms in total. The van der Waals surface area contributed by atoms with Crippen LogP contribution in [-0.4, -0.2) is 36.7 Å². The Kier molecular flexibility index (Phi) is 6.06. The van der Waals surface area contributed by atoms with Crippen molar-refractivity contribution in [2.75, 3.05) is 23.7 Å². The molecule has 0 spiro atoms. The van der Waals surface area contributed by atoms with Crippen LogP contribution < -0.4 is 15.4 Å². The average Bonchev–Trinajstić information content (AvgIpc) is 2.67. The minimum absolute atomic E-state index is 0.0312. The first-order valence-electron chi connectivity index (χ1n) is 8.13. The molecule has 0 unspecified atom stereocenters. The van der Waals surface area contributed by atoms with Crippen molar-refractivity contribution >= 4 is 27.3 Å². The maximum absolute atomic E-state index is 13.6. The Labute approximate surface area is 160 Å². The predicted molar refractivity (Wildman–Crippen MR) is 99.6 cm³/mol. The van der Waals surface area contributed by atoms with Gasteiger partial charge in [-0.15, -0.1) is 10.2 Å². The van der Waals surface area contributed by atoms with E-state index in [1.165, 1.54) is 0 Å². The van der Waals surface area contributed by atoms with Crippen molar-refractivity contribution in [2.24, 2.45) is 0 Å². The van der Waals surface area contributed by atoms with Crippen molar-refractivity contribution < 1.29 is 17.2 Å². The molecule has 0 aliphatic heterocycles. The smallest absolute Gasteiger partial charge is 0.243 e. The van der Waals surface area contributed by atoms with E-state index in [1.54, 1.807) is 30.6 Å². The summed E-state index contributed by atoms with van der Waals surface area (Å²) in [6, 6.07) is 9.25. The first-order valence-corrected chi connectivity index (χ1v) is 9.62. The second-order valence-electron chi connectivity index (χ2n) is 5.57. The highest BCUT2D eigenvalue weighted by molar-refractivity contribution is 7.89. The Morgan fingerprint density at radius 3 is 2.43 bits per heavy atom. The van der Waals surface area contributed by atoms with Crippen molar-refractivity contribution in [3.05, 3.63) is 66.5 Å². The van der Waals surface area contributed by atoms with E-state index in [1.807, 2.05) is 6.07 Å². The molecular formula is C17H16F2N6O2S. The molecule has 0 saturated carbocycles. The standard InChI is InChI=1S/C17H16F2N6O2S/c18-12-3-4-15(14(19)10-12)28(26,27)22-9-8-21-16-5-6-17(25-24-16)23-13-2-1-7-20-11-13/h1-7,10-11,22H,8-9H2,(H,21,24)(H,23,25). The molecule has 146 valence electrons. The van der Waals surface area contributed by atoms with Gasteiger partial charge < -0.3 is 10.6 Å². The lowest BCUT2D eigenvalue weighted by Gasteiger charge is -2.09. The maximum atomic E-state index is 13.6. The van der Waals surface area contributed by atoms with Crippen molar-refractivity contribution in [1.82, 2.24) is 19.9 Å². The molecule has 2 aromatic heterocycles. The molecule has 0 atom stereocenters. The largest absolute Gasteiger partial charge is 0.367 e. The zero-order valence-corrected chi connectivity index (χ0v) is 15.2. The molecule has 0 aliphatic rings. The third-order valence-electron chi connectivity index (χ3n) is 3.51. The molecule has 0 radical (unpaired) electrons. The van der Waals surface area contributed by atoms with Gasteiger partial charge >= 0.3 is 0 Å². The molecular weight excluding hydrogens is 390 g/mol. The summed E-state index contributed by atoms with van der Waals surface area (Å²) in [5, 5.41) is 13.9. The fourth-order valence-electron chi connectivity index (χ4n) is 2.22. The average molecular weight is 406 g/mol. The third kappa shape index (κ3) is 5.18. The zero-order chi connectivity index (χ0) is 20.0. The van der Waals surface area contributed by atoms with Crippen LogP contribution in [0.3, 0.4) is 0 Å². The maximum Gasteiger partial charge on any atom is 0.243 e. The van der Waals surface area contributed by atoms with Crippen LogP contribution in [0.25, 0.3) is 0 Å². The Morgan fingerprint density at radius 1 is 0.964 bits per heavy atom. The molecule has 1 aromatic carbocycles. The lowest BCUT2D eigenvalue weighted by Crippen LogP contribution is -2.29. The highest BCUT2D eigenvalue weighted by Gasteiger charge is 2.18. The molecule has 0 fully saturated rings. The Bertz CT molecular complexity index is 1030. The molecule has 0 aliphatic carbocycles. The van der Waals surface area contributed by atoms with E-state index in [0.29, 0.717) is 17.7 Å². The fraction of sp³-hybridized carbons (Fsp3) is 0.118. The van der Waals surface area contributed by atoms with E-state index in [4.69, 9.17) is 0 Å². The molecule has 3 aromatic rings. The van der Waals surface area contributed by atoms with Crippen LogP contribution in [0, 0.1) is 11.6 Å². The number of halogens is 2. The summed E-state index contributed by atoms with van der Waals surface area (Å²) >= 11 is 0. The Hall–Kier alpha value is -3.18. The van der Waals surface area contributed by atoms with Crippen molar-refractivity contribution in [2.45, 2.75) is 4.90 Å². The molecule has 28 heavy (non-hydrogen) atoms. The van der Waals surface area contributed by atoms with E-state index in [9.17, 15) is 17.2 Å². The van der Waals surface area contributed by atoms with Gasteiger partial charge in [0.25, 0.3) is 0 Å². The molecule has 0 amide bonds. The lowest BCUT2D eigenvalue weighted by atomic mass is 10.3. The van der Waals surface area contributed by atoms with Gasteiger partial charge in [0.05, 0.1) is 11.9 Å². The van der Waals surface area contributed by atoms with Gasteiger partial charge in [-0.1, -0.05) is 0 Å². The van der Waals surface area contributed by atoms with Crippen LogP contribution in [-0.2, 0) is 10.0 Å². The first-order chi connectivity index (χ1) is 13.4. The van der Waals surface area contributed by atoms with Gasteiger partial charge in [0.2, 0.25) is 10.0 Å². The number of nitrogens with one attached hydrogen (secondary N) is 3. The van der Waals surface area contributed by atoms with E-state index >= 15 is 0 Å². The summed E-state index contributed by atoms with van der Waals surface area (Å²) in [7, 11) is -4.09. The van der Waals surface area contributed by atoms with Crippen molar-refractivity contribution in [1.29, 1.82) is 0 Å². The topological polar surface area (TPSA) is 109 Å². The minimum atomic E-state index is -4.09. The summed E-state index contributed by atoms with van der Waals surface area (Å²) in [6.07, 6.45) is 3.30. The van der Waals surface area contributed by atoms with Crippen LogP contribution in [0.4, 0.5) is 26.1 Å². The van der Waals surface area contributed by atoms with Gasteiger partial charge in [0.15, 0.2) is 5.82 Å². The predicted octanol–water partition coefficient (Wildman–Crippen LogP) is 2.28. The molecule has 0 bridgehead atoms. The van der Waals surface area contributed by atoms with Crippen LogP contribution in [0.15, 0.2) is 59.8 Å². The fourth-order valence-corrected chi connectivity index (χ4v) is 3.31. The summed E-state index contributed by atoms with van der Waals surface area (Å²) in [5.74, 6) is -1.05. The molecule has 2 heterocycles. The van der Waals surface area contributed by atoms with Gasteiger partial charge in [0, 0.05) is 25.4 Å². The Morgan fingerprint density at radius 2 is 1.75 bits per heavy atom. The number of anilines is 3. The van der Waals surface area contributed by atoms with E-state index in [0.717, 1.165) is 17.8 Å². The van der Waals surface area contributed by atoms with E-state index < -0.39 is 26.6 Å². The van der Waals surface area contributed by atoms with Gasteiger partial charge in [-0.2, -0.15) is 0 Å². The number of nitrogens with zero attached hydrogens (tertiary/aromatic N) is 3. The molecule has 3 N–H and O–H groups in total. The first kappa shape index (κ1) is 19.6. The number of hydrogen-bond donors (Lipinski definition) is 3. The van der Waals surface area contributed by atoms with Crippen LogP contribution in [0.1, 0.15) is 0 Å². The molecule has 0 saturated heterocycles. The summed E-state index contributed by atoms with van der Waals surface area (Å²) < 4.78 is 52.8. The minimum Gasteiger partial charge on any atom is -0.367 e. The highest BCUT2D eigenvalue weighted by atomic mass is 32.2. The van der Waals surface area contributed by atoms with Crippen molar-refractivity contribution in [3.8, 4) is 0 Å². The van der Waals surface area contributed by atoms with E-state index in [2.05, 4.69) is 30.5 Å². The van der Waals surface area contributed by atoms with Gasteiger partial charge in [-0.05, 0) is 36.4 Å². The second kappa shape index (κ2) is 8.67.